The van der Waals surface area contributed by atoms with Gasteiger partial charge in [-0.05, 0) is 67.7 Å². The van der Waals surface area contributed by atoms with Gasteiger partial charge in [-0.25, -0.2) is 13.3 Å². The molecule has 0 saturated heterocycles. The Morgan fingerprint density at radius 1 is 0.946 bits per heavy atom. The number of hydrogen-bond acceptors (Lipinski definition) is 7. The first-order valence-corrected chi connectivity index (χ1v) is 12.2. The highest BCUT2D eigenvalue weighted by Gasteiger charge is 2.40. The third-order valence-electron chi connectivity index (χ3n) is 5.05. The Hall–Kier alpha value is -3.97. The van der Waals surface area contributed by atoms with E-state index in [-0.39, 0.29) is 27.9 Å². The molecule has 1 N–H and O–H groups in total. The van der Waals surface area contributed by atoms with Gasteiger partial charge in [-0.3, -0.25) is 14.3 Å². The smallest absolute Gasteiger partial charge is 0.363 e. The maximum Gasteiger partial charge on any atom is 0.416 e. The molecule has 0 saturated carbocycles. The van der Waals surface area contributed by atoms with Crippen molar-refractivity contribution in [2.45, 2.75) is 24.9 Å². The molecule has 0 radical (unpaired) electrons. The first-order chi connectivity index (χ1) is 17.3. The lowest BCUT2D eigenvalue weighted by Gasteiger charge is -2.17. The predicted octanol–water partition coefficient (Wildman–Crippen LogP) is 4.94. The van der Waals surface area contributed by atoms with E-state index in [1.165, 1.54) is 30.3 Å². The zero-order valence-corrected chi connectivity index (χ0v) is 20.6. The van der Waals surface area contributed by atoms with Gasteiger partial charge in [0.25, 0.3) is 11.8 Å². The number of carbonyl (C=O) groups is 2. The first-order valence-electron chi connectivity index (χ1n) is 10.4. The molecule has 14 heteroatoms. The number of nitrogens with one attached hydrogen (secondary N) is 1. The summed E-state index contributed by atoms with van der Waals surface area (Å²) < 4.78 is 68.1. The SMILES string of the molecule is Cc1cc(C)nc([N-]S(=O)(=O)c2ccc(NC3=C(Cl)C(=O)N(c4cccc(C(F)(F)F)c4)C3=O)cc2)n1. The first kappa shape index (κ1) is 26.1. The van der Waals surface area contributed by atoms with E-state index in [0.717, 1.165) is 12.1 Å². The number of nitrogens with zero attached hydrogens (tertiary/aromatic N) is 4. The van der Waals surface area contributed by atoms with Crippen LogP contribution in [0.2, 0.25) is 0 Å². The molecule has 2 amide bonds. The van der Waals surface area contributed by atoms with Gasteiger partial charge in [0, 0.05) is 11.6 Å². The summed E-state index contributed by atoms with van der Waals surface area (Å²) >= 11 is 6.03. The number of alkyl halides is 3. The molecule has 0 aliphatic carbocycles. The van der Waals surface area contributed by atoms with Crippen LogP contribution in [0.5, 0.6) is 0 Å². The summed E-state index contributed by atoms with van der Waals surface area (Å²) in [6.07, 6.45) is -4.68. The maximum absolute atomic E-state index is 13.1. The van der Waals surface area contributed by atoms with Crippen molar-refractivity contribution in [2.24, 2.45) is 0 Å². The molecule has 0 atom stereocenters. The molecule has 37 heavy (non-hydrogen) atoms. The quantitative estimate of drug-likeness (QED) is 0.431. The topological polar surface area (TPSA) is 123 Å². The van der Waals surface area contributed by atoms with Gasteiger partial charge in [0.1, 0.15) is 10.7 Å². The molecule has 2 aromatic carbocycles. The van der Waals surface area contributed by atoms with Crippen molar-refractivity contribution in [1.29, 1.82) is 0 Å². The Morgan fingerprint density at radius 3 is 2.16 bits per heavy atom. The van der Waals surface area contributed by atoms with E-state index in [4.69, 9.17) is 11.6 Å². The van der Waals surface area contributed by atoms with Gasteiger partial charge in [-0.2, -0.15) is 13.2 Å². The van der Waals surface area contributed by atoms with Gasteiger partial charge >= 0.3 is 6.18 Å². The third-order valence-corrected chi connectivity index (χ3v) is 6.67. The van der Waals surface area contributed by atoms with E-state index in [0.29, 0.717) is 22.4 Å². The van der Waals surface area contributed by atoms with Gasteiger partial charge in [-0.15, -0.1) is 0 Å². The van der Waals surface area contributed by atoms with Gasteiger partial charge in [-0.1, -0.05) is 23.7 Å². The van der Waals surface area contributed by atoms with Crippen LogP contribution in [0, 0.1) is 13.8 Å². The Bertz CT molecular complexity index is 1540. The standard InChI is InChI=1S/C23H17ClF3N5O4S/c1-12-10-13(2)29-22(28-12)31-37(35,36)17-8-6-15(7-9-17)30-19-18(24)20(33)32(21(19)34)16-5-3-4-14(11-16)23(25,26)27/h3-11H,1-2H3,(H2,28,29,30,31,33)/p-1. The van der Waals surface area contributed by atoms with Crippen LogP contribution in [0.25, 0.3) is 4.72 Å². The largest absolute Gasteiger partial charge is 0.416 e. The van der Waals surface area contributed by atoms with Crippen molar-refractivity contribution in [3.05, 3.63) is 87.0 Å². The molecule has 2 heterocycles. The van der Waals surface area contributed by atoms with E-state index in [9.17, 15) is 31.2 Å². The molecule has 0 spiro atoms. The highest BCUT2D eigenvalue weighted by molar-refractivity contribution is 7.94. The van der Waals surface area contributed by atoms with Crippen LogP contribution in [0.15, 0.2) is 70.2 Å². The number of sulfonamides is 1. The van der Waals surface area contributed by atoms with Crippen LogP contribution < -0.4 is 10.2 Å². The minimum atomic E-state index is -4.68. The van der Waals surface area contributed by atoms with Gasteiger partial charge < -0.3 is 15.3 Å². The number of aryl methyl sites for hydroxylation is 2. The van der Waals surface area contributed by atoms with E-state index < -0.39 is 38.6 Å². The molecular formula is C23H16ClF3N5O4S-. The zero-order chi connectivity index (χ0) is 27.1. The van der Waals surface area contributed by atoms with Crippen LogP contribution in [0.1, 0.15) is 17.0 Å². The molecule has 4 rings (SSSR count). The second-order valence-electron chi connectivity index (χ2n) is 7.85. The number of carbonyl (C=O) groups excluding carboxylic acids is 2. The fourth-order valence-electron chi connectivity index (χ4n) is 3.43. The van der Waals surface area contributed by atoms with Gasteiger partial charge in [0.05, 0.1) is 16.1 Å². The highest BCUT2D eigenvalue weighted by Crippen LogP contribution is 2.35. The summed E-state index contributed by atoms with van der Waals surface area (Å²) in [7, 11) is -4.17. The Morgan fingerprint density at radius 2 is 1.57 bits per heavy atom. The lowest BCUT2D eigenvalue weighted by atomic mass is 10.2. The van der Waals surface area contributed by atoms with Crippen LogP contribution in [0.4, 0.5) is 30.5 Å². The van der Waals surface area contributed by atoms with E-state index in [1.807, 2.05) is 0 Å². The van der Waals surface area contributed by atoms with Crippen molar-refractivity contribution in [3.8, 4) is 0 Å². The van der Waals surface area contributed by atoms with Crippen molar-refractivity contribution in [3.63, 3.8) is 0 Å². The second kappa shape index (κ2) is 9.48. The molecule has 0 bridgehead atoms. The number of halogens is 4. The number of aromatic nitrogens is 2. The molecule has 1 aromatic heterocycles. The van der Waals surface area contributed by atoms with Crippen molar-refractivity contribution in [1.82, 2.24) is 9.97 Å². The van der Waals surface area contributed by atoms with Crippen molar-refractivity contribution < 1.29 is 31.2 Å². The van der Waals surface area contributed by atoms with E-state index in [1.54, 1.807) is 19.9 Å². The number of hydrogen-bond donors (Lipinski definition) is 1. The maximum atomic E-state index is 13.1. The number of amides is 2. The normalized spacial score (nSPS) is 14.4. The molecule has 1 aliphatic heterocycles. The third kappa shape index (κ3) is 5.42. The fraction of sp³-hybridized carbons (Fsp3) is 0.130. The van der Waals surface area contributed by atoms with E-state index >= 15 is 0 Å². The summed E-state index contributed by atoms with van der Waals surface area (Å²) in [6, 6.07) is 10.3. The summed E-state index contributed by atoms with van der Waals surface area (Å²) in [4.78, 5) is 33.7. The molecular weight excluding hydrogens is 535 g/mol. The number of imide groups is 1. The minimum absolute atomic E-state index is 0.182. The predicted molar refractivity (Wildman–Crippen MR) is 129 cm³/mol. The van der Waals surface area contributed by atoms with Crippen molar-refractivity contribution in [2.75, 3.05) is 10.2 Å². The summed E-state index contributed by atoms with van der Waals surface area (Å²) in [5.41, 5.74) is -0.468. The Balaban J connectivity index is 1.53. The number of rotatable bonds is 6. The number of benzene rings is 2. The average Bonchev–Trinajstić information content (AvgIpc) is 3.01. The van der Waals surface area contributed by atoms with Gasteiger partial charge in [0.2, 0.25) is 10.0 Å². The summed E-state index contributed by atoms with van der Waals surface area (Å²) in [6.45, 7) is 3.34. The lowest BCUT2D eigenvalue weighted by Crippen LogP contribution is -2.32. The van der Waals surface area contributed by atoms with Gasteiger partial charge in [0.15, 0.2) is 0 Å². The second-order valence-corrected chi connectivity index (χ2v) is 9.83. The summed E-state index contributed by atoms with van der Waals surface area (Å²) in [5, 5.41) is 2.08. The highest BCUT2D eigenvalue weighted by atomic mass is 35.5. The monoisotopic (exact) mass is 550 g/mol. The van der Waals surface area contributed by atoms with Crippen LogP contribution in [-0.4, -0.2) is 30.2 Å². The average molecular weight is 551 g/mol. The van der Waals surface area contributed by atoms with Crippen LogP contribution in [-0.2, 0) is 25.8 Å². The fourth-order valence-corrected chi connectivity index (χ4v) is 4.52. The number of anilines is 2. The van der Waals surface area contributed by atoms with E-state index in [2.05, 4.69) is 20.0 Å². The zero-order valence-electron chi connectivity index (χ0n) is 19.0. The van der Waals surface area contributed by atoms with Crippen LogP contribution in [0.3, 0.4) is 0 Å². The molecule has 9 nitrogen and oxygen atoms in total. The summed E-state index contributed by atoms with van der Waals surface area (Å²) in [5.74, 6) is -2.21. The lowest BCUT2D eigenvalue weighted by molar-refractivity contribution is -0.137. The molecule has 1 aliphatic rings. The molecule has 0 fully saturated rings. The minimum Gasteiger partial charge on any atom is -0.363 e. The molecule has 192 valence electrons. The molecule has 0 unspecified atom stereocenters. The van der Waals surface area contributed by atoms with Crippen molar-refractivity contribution >= 4 is 50.8 Å². The Kier molecular flexibility index (Phi) is 6.69. The molecule has 3 aromatic rings. The Labute approximate surface area is 214 Å². The van der Waals surface area contributed by atoms with Crippen LogP contribution >= 0.6 is 11.6 Å².